The third-order valence-corrected chi connectivity index (χ3v) is 7.76. The average Bonchev–Trinajstić information content (AvgIpc) is 3.01. The van der Waals surface area contributed by atoms with Crippen LogP contribution in [0, 0.1) is 11.3 Å². The molecule has 3 heterocycles. The second kappa shape index (κ2) is 9.21. The van der Waals surface area contributed by atoms with E-state index in [-0.39, 0.29) is 35.4 Å². The van der Waals surface area contributed by atoms with E-state index in [4.69, 9.17) is 4.74 Å². The summed E-state index contributed by atoms with van der Waals surface area (Å²) in [6.07, 6.45) is -1.99. The van der Waals surface area contributed by atoms with Crippen LogP contribution in [0.5, 0.6) is 5.88 Å². The maximum atomic E-state index is 14.9. The first kappa shape index (κ1) is 25.1. The molecule has 0 spiro atoms. The fraction of sp³-hybridized carbons (Fsp3) is 0.524. The van der Waals surface area contributed by atoms with Crippen molar-refractivity contribution in [2.75, 3.05) is 18.4 Å². The van der Waals surface area contributed by atoms with Gasteiger partial charge in [0.25, 0.3) is 15.9 Å². The Morgan fingerprint density at radius 2 is 2.11 bits per heavy atom. The first-order valence-corrected chi connectivity index (χ1v) is 12.2. The lowest BCUT2D eigenvalue weighted by molar-refractivity contribution is -0.0406. The molecule has 4 atom stereocenters. The van der Waals surface area contributed by atoms with Crippen LogP contribution in [0.2, 0.25) is 0 Å². The maximum absolute atomic E-state index is 14.9. The van der Waals surface area contributed by atoms with Gasteiger partial charge in [-0.2, -0.15) is 14.6 Å². The number of hydrogen-bond donors (Lipinski definition) is 2. The molecule has 10 nitrogen and oxygen atoms in total. The summed E-state index contributed by atoms with van der Waals surface area (Å²) in [4.78, 5) is 11.8. The van der Waals surface area contributed by atoms with Gasteiger partial charge in [-0.3, -0.25) is 0 Å². The summed E-state index contributed by atoms with van der Waals surface area (Å²) in [5, 5.41) is 22.2. The zero-order chi connectivity index (χ0) is 25.4. The number of nitrogens with one attached hydrogen (secondary N) is 1. The second-order valence-electron chi connectivity index (χ2n) is 8.81. The van der Waals surface area contributed by atoms with Gasteiger partial charge < -0.3 is 15.2 Å². The number of aromatic nitrogens is 3. The third-order valence-electron chi connectivity index (χ3n) is 5.98. The predicted octanol–water partition coefficient (Wildman–Crippen LogP) is 1.88. The average molecular weight is 513 g/mol. The van der Waals surface area contributed by atoms with Gasteiger partial charge in [0.05, 0.1) is 18.7 Å². The summed E-state index contributed by atoms with van der Waals surface area (Å²) in [6.45, 7) is 0.804. The molecule has 188 valence electrons. The minimum absolute atomic E-state index is 0.0106. The van der Waals surface area contributed by atoms with Crippen molar-refractivity contribution in [3.05, 3.63) is 36.2 Å². The molecule has 1 aliphatic heterocycles. The largest absolute Gasteiger partial charge is 0.470 e. The molecule has 2 fully saturated rings. The summed E-state index contributed by atoms with van der Waals surface area (Å²) in [5.41, 5.74) is -1.99. The Balaban J connectivity index is 1.46. The van der Waals surface area contributed by atoms with Gasteiger partial charge in [0, 0.05) is 25.7 Å². The van der Waals surface area contributed by atoms with Crippen LogP contribution in [0.15, 0.2) is 35.6 Å². The lowest BCUT2D eigenvalue weighted by atomic mass is 10.0. The molecule has 0 aromatic carbocycles. The summed E-state index contributed by atoms with van der Waals surface area (Å²) in [7, 11) is -3.96. The molecule has 35 heavy (non-hydrogen) atoms. The van der Waals surface area contributed by atoms with Gasteiger partial charge in [0.15, 0.2) is 5.03 Å². The summed E-state index contributed by atoms with van der Waals surface area (Å²) in [6, 6.07) is 5.36. The van der Waals surface area contributed by atoms with E-state index < -0.39 is 59.3 Å². The molecule has 0 amide bonds. The number of aliphatic hydroxyl groups is 1. The van der Waals surface area contributed by atoms with Crippen molar-refractivity contribution in [2.24, 2.45) is 0 Å². The molecule has 2 aromatic heterocycles. The molecule has 2 N–H and O–H groups in total. The number of alkyl halides is 3. The lowest BCUT2D eigenvalue weighted by Crippen LogP contribution is -2.50. The number of nitriles is 1. The number of halogens is 3. The molecule has 0 bridgehead atoms. The highest BCUT2D eigenvalue weighted by Crippen LogP contribution is 2.43. The fourth-order valence-electron chi connectivity index (χ4n) is 4.16. The van der Waals surface area contributed by atoms with Gasteiger partial charge in [-0.05, 0) is 25.5 Å². The molecule has 2 aliphatic rings. The third kappa shape index (κ3) is 5.31. The molecule has 2 aromatic rings. The summed E-state index contributed by atoms with van der Waals surface area (Å²) >= 11 is 0. The molecule has 1 saturated carbocycles. The summed E-state index contributed by atoms with van der Waals surface area (Å²) < 4.78 is 74.4. The molecular formula is C21H23F3N6O4S. The van der Waals surface area contributed by atoms with Crippen LogP contribution in [0.4, 0.5) is 19.1 Å². The monoisotopic (exact) mass is 512 g/mol. The van der Waals surface area contributed by atoms with Crippen LogP contribution in [-0.4, -0.2) is 75.7 Å². The van der Waals surface area contributed by atoms with Crippen LogP contribution in [0.1, 0.15) is 31.7 Å². The van der Waals surface area contributed by atoms with E-state index >= 15 is 0 Å². The highest BCUT2D eigenvalue weighted by Gasteiger charge is 2.54. The van der Waals surface area contributed by atoms with Crippen molar-refractivity contribution in [1.29, 1.82) is 5.26 Å². The number of piperidine rings is 1. The Hall–Kier alpha value is -3.02. The van der Waals surface area contributed by atoms with Crippen molar-refractivity contribution >= 4 is 16.0 Å². The van der Waals surface area contributed by atoms with Gasteiger partial charge in [-0.1, -0.05) is 6.07 Å². The molecule has 14 heteroatoms. The maximum Gasteiger partial charge on any atom is 0.260 e. The minimum Gasteiger partial charge on any atom is -0.470 e. The van der Waals surface area contributed by atoms with Crippen LogP contribution in [0.3, 0.4) is 0 Å². The van der Waals surface area contributed by atoms with Crippen molar-refractivity contribution in [3.8, 4) is 11.9 Å². The smallest absolute Gasteiger partial charge is 0.260 e. The Morgan fingerprint density at radius 3 is 2.71 bits per heavy atom. The highest BCUT2D eigenvalue weighted by molar-refractivity contribution is 7.89. The van der Waals surface area contributed by atoms with Crippen LogP contribution < -0.4 is 10.1 Å². The van der Waals surface area contributed by atoms with Crippen LogP contribution >= 0.6 is 0 Å². The number of rotatable bonds is 6. The van der Waals surface area contributed by atoms with E-state index in [1.54, 1.807) is 12.1 Å². The molecule has 1 aliphatic carbocycles. The van der Waals surface area contributed by atoms with E-state index in [1.807, 2.05) is 0 Å². The summed E-state index contributed by atoms with van der Waals surface area (Å²) in [5.74, 6) is -3.59. The fourth-order valence-corrected chi connectivity index (χ4v) is 5.56. The number of ether oxygens (including phenoxy) is 1. The Bertz CT molecular complexity index is 1230. The quantitative estimate of drug-likeness (QED) is 0.593. The van der Waals surface area contributed by atoms with Gasteiger partial charge in [0.1, 0.15) is 29.5 Å². The van der Waals surface area contributed by atoms with E-state index in [9.17, 15) is 32.0 Å². The van der Waals surface area contributed by atoms with Gasteiger partial charge in [-0.15, -0.1) is 0 Å². The number of sulfonamides is 1. The number of nitrogens with zero attached hydrogens (tertiary/aromatic N) is 5. The van der Waals surface area contributed by atoms with Crippen LogP contribution in [-0.2, 0) is 10.0 Å². The zero-order valence-corrected chi connectivity index (χ0v) is 19.4. The molecule has 4 rings (SSSR count). The van der Waals surface area contributed by atoms with E-state index in [1.165, 1.54) is 25.3 Å². The predicted molar refractivity (Wildman–Crippen MR) is 116 cm³/mol. The van der Waals surface area contributed by atoms with Crippen molar-refractivity contribution in [1.82, 2.24) is 19.3 Å². The molecule has 0 unspecified atom stereocenters. The molecule has 0 radical (unpaired) electrons. The number of pyridine rings is 1. The zero-order valence-electron chi connectivity index (χ0n) is 18.6. The normalized spacial score (nSPS) is 28.9. The van der Waals surface area contributed by atoms with E-state index in [2.05, 4.69) is 20.3 Å². The van der Waals surface area contributed by atoms with E-state index in [0.717, 1.165) is 10.5 Å². The number of anilines is 1. The first-order valence-electron chi connectivity index (χ1n) is 10.8. The van der Waals surface area contributed by atoms with Gasteiger partial charge in [0.2, 0.25) is 11.8 Å². The minimum atomic E-state index is -3.96. The second-order valence-corrected chi connectivity index (χ2v) is 10.7. The highest BCUT2D eigenvalue weighted by atomic mass is 32.2. The number of hydrogen-bond acceptors (Lipinski definition) is 9. The van der Waals surface area contributed by atoms with Crippen molar-refractivity contribution in [3.63, 3.8) is 0 Å². The molecule has 1 saturated heterocycles. The van der Waals surface area contributed by atoms with Crippen LogP contribution in [0.25, 0.3) is 0 Å². The van der Waals surface area contributed by atoms with Gasteiger partial charge in [-0.25, -0.2) is 31.6 Å². The lowest BCUT2D eigenvalue weighted by Gasteiger charge is -2.34. The molecular weight excluding hydrogens is 489 g/mol. The topological polar surface area (TPSA) is 141 Å². The SMILES string of the molecule is C[C@]1(O)CC(F)(F)C[C@H]1Oc1nc(N[C@@H]2CCN(S(=O)(=O)c3ccccn3)C[C@H]2F)ncc1C#N. The Kier molecular flexibility index (Phi) is 6.60. The standard InChI is InChI=1S/C21H23F3N6O4S/c1-20(31)12-21(23,24)8-16(20)34-18-13(9-25)10-27-19(29-18)28-15-5-7-30(11-14(15)22)35(32,33)17-4-2-3-6-26-17/h2-4,6,10,14-16,31H,5,7-8,11-12H2,1H3,(H,27,28,29)/t14-,15-,16-,20+/m1/s1. The Labute approximate surface area is 199 Å². The van der Waals surface area contributed by atoms with Crippen molar-refractivity contribution < 1.29 is 31.4 Å². The van der Waals surface area contributed by atoms with E-state index in [0.29, 0.717) is 0 Å². The van der Waals surface area contributed by atoms with Gasteiger partial charge >= 0.3 is 0 Å². The Morgan fingerprint density at radius 1 is 1.34 bits per heavy atom. The first-order chi connectivity index (χ1) is 16.4. The van der Waals surface area contributed by atoms with Crippen molar-refractivity contribution in [2.45, 2.75) is 61.1 Å².